The van der Waals surface area contributed by atoms with Crippen LogP contribution in [-0.2, 0) is 0 Å². The van der Waals surface area contributed by atoms with Crippen molar-refractivity contribution >= 4 is 30.2 Å². The van der Waals surface area contributed by atoms with Crippen LogP contribution >= 0.6 is 0 Å². The molecule has 0 aromatic carbocycles. The molecule has 5 N–H and O–H groups in total. The molecule has 1 fully saturated rings. The van der Waals surface area contributed by atoms with Gasteiger partial charge in [-0.3, -0.25) is 9.98 Å². The van der Waals surface area contributed by atoms with Gasteiger partial charge in [0.05, 0.1) is 12.6 Å². The fourth-order valence-corrected chi connectivity index (χ4v) is 2.20. The number of halogens is 1. The van der Waals surface area contributed by atoms with E-state index in [0.717, 1.165) is 18.4 Å². The summed E-state index contributed by atoms with van der Waals surface area (Å²) in [5.74, 6) is 1.58. The molecular formula is C19H26FN7O. The van der Waals surface area contributed by atoms with Crippen molar-refractivity contribution in [2.24, 2.45) is 26.4 Å². The van der Waals surface area contributed by atoms with Gasteiger partial charge in [0.25, 0.3) is 0 Å². The predicted molar refractivity (Wildman–Crippen MR) is 113 cm³/mol. The van der Waals surface area contributed by atoms with E-state index < -0.39 is 6.17 Å². The highest BCUT2D eigenvalue weighted by Crippen LogP contribution is 2.33. The van der Waals surface area contributed by atoms with E-state index in [9.17, 15) is 4.39 Å². The highest BCUT2D eigenvalue weighted by Gasteiger charge is 2.25. The standard InChI is InChI=1S/C19H26FN7O/c1-12(20)9-25-17(22)7-18(24-3)27-19-6-16(28-14-4-5-14)15(11-26-19)13(8-21)10-23-2/h6-8,10-12,14H,3-5,9,21H2,1-2H3,(H2,22,25)(H,26,27)/b13-8+,18-7+,23-10?. The Labute approximate surface area is 164 Å². The van der Waals surface area contributed by atoms with Crippen molar-refractivity contribution in [3.63, 3.8) is 0 Å². The lowest BCUT2D eigenvalue weighted by atomic mass is 10.1. The number of nitrogens with zero attached hydrogens (tertiary/aromatic N) is 4. The molecule has 0 spiro atoms. The Morgan fingerprint density at radius 3 is 2.86 bits per heavy atom. The van der Waals surface area contributed by atoms with Gasteiger partial charge in [0.2, 0.25) is 0 Å². The molecule has 1 aromatic heterocycles. The molecule has 1 saturated carbocycles. The van der Waals surface area contributed by atoms with E-state index in [1.165, 1.54) is 19.2 Å². The number of allylic oxidation sites excluding steroid dienone is 1. The molecule has 2 rings (SSSR count). The zero-order valence-corrected chi connectivity index (χ0v) is 16.1. The highest BCUT2D eigenvalue weighted by molar-refractivity contribution is 6.10. The number of ether oxygens (including phenoxy) is 1. The molecule has 1 aromatic rings. The summed E-state index contributed by atoms with van der Waals surface area (Å²) in [6, 6.07) is 1.75. The van der Waals surface area contributed by atoms with Gasteiger partial charge in [0.15, 0.2) is 0 Å². The Hall–Kier alpha value is -3.23. The molecule has 0 radical (unpaired) electrons. The summed E-state index contributed by atoms with van der Waals surface area (Å²) >= 11 is 0. The van der Waals surface area contributed by atoms with E-state index in [1.807, 2.05) is 0 Å². The van der Waals surface area contributed by atoms with E-state index in [2.05, 4.69) is 32.0 Å². The topological polar surface area (TPSA) is 123 Å². The molecule has 0 bridgehead atoms. The average Bonchev–Trinajstić information content (AvgIpc) is 3.48. The lowest BCUT2D eigenvalue weighted by Gasteiger charge is -2.13. The number of aliphatic imine (C=N–C) groups is 3. The Morgan fingerprint density at radius 1 is 1.54 bits per heavy atom. The summed E-state index contributed by atoms with van der Waals surface area (Å²) in [5, 5.41) is 3.00. The van der Waals surface area contributed by atoms with Gasteiger partial charge in [-0.25, -0.2) is 14.4 Å². The molecule has 150 valence electrons. The summed E-state index contributed by atoms with van der Waals surface area (Å²) < 4.78 is 18.9. The summed E-state index contributed by atoms with van der Waals surface area (Å²) in [7, 11) is 1.66. The molecule has 0 saturated heterocycles. The van der Waals surface area contributed by atoms with E-state index in [0.29, 0.717) is 23.0 Å². The van der Waals surface area contributed by atoms with Crippen molar-refractivity contribution in [2.45, 2.75) is 32.0 Å². The van der Waals surface area contributed by atoms with Crippen LogP contribution in [0.25, 0.3) is 5.57 Å². The van der Waals surface area contributed by atoms with Crippen LogP contribution in [0.1, 0.15) is 25.3 Å². The maximum Gasteiger partial charge on any atom is 0.135 e. The second kappa shape index (κ2) is 10.2. The lowest BCUT2D eigenvalue weighted by Crippen LogP contribution is -2.14. The van der Waals surface area contributed by atoms with Crippen molar-refractivity contribution < 1.29 is 9.13 Å². The van der Waals surface area contributed by atoms with Crippen LogP contribution in [0.2, 0.25) is 0 Å². The van der Waals surface area contributed by atoms with Crippen molar-refractivity contribution in [1.29, 1.82) is 0 Å². The predicted octanol–water partition coefficient (Wildman–Crippen LogP) is 2.29. The quantitative estimate of drug-likeness (QED) is 0.420. The molecule has 1 unspecified atom stereocenters. The Balaban J connectivity index is 2.27. The third-order valence-electron chi connectivity index (χ3n) is 3.68. The maximum absolute atomic E-state index is 12.9. The number of alkyl halides is 1. The van der Waals surface area contributed by atoms with Gasteiger partial charge in [-0.15, -0.1) is 0 Å². The third-order valence-corrected chi connectivity index (χ3v) is 3.68. The van der Waals surface area contributed by atoms with Gasteiger partial charge < -0.3 is 21.5 Å². The fourth-order valence-electron chi connectivity index (χ4n) is 2.20. The molecule has 8 nitrogen and oxygen atoms in total. The Morgan fingerprint density at radius 2 is 2.29 bits per heavy atom. The maximum atomic E-state index is 12.9. The second-order valence-corrected chi connectivity index (χ2v) is 6.25. The minimum atomic E-state index is -1.08. The number of hydrogen-bond acceptors (Lipinski definition) is 7. The zero-order chi connectivity index (χ0) is 20.5. The number of pyridine rings is 1. The molecule has 1 atom stereocenters. The number of hydrogen-bond donors (Lipinski definition) is 3. The normalized spacial score (nSPS) is 16.9. The van der Waals surface area contributed by atoms with Gasteiger partial charge in [0, 0.05) is 48.9 Å². The summed E-state index contributed by atoms with van der Waals surface area (Å²) in [6.07, 6.45) is 7.32. The Kier molecular flexibility index (Phi) is 7.67. The first-order valence-corrected chi connectivity index (χ1v) is 8.87. The van der Waals surface area contributed by atoms with E-state index in [1.54, 1.807) is 25.5 Å². The SMILES string of the molecule is C=N/C(=C\C(N)=NCC(C)F)Nc1cc(OC2CC2)c(/C(C=NC)=C/N)cn1. The van der Waals surface area contributed by atoms with Crippen LogP contribution in [0.3, 0.4) is 0 Å². The number of aromatic nitrogens is 1. The fraction of sp³-hybridized carbons (Fsp3) is 0.368. The molecule has 9 heteroatoms. The number of amidine groups is 1. The number of nitrogens with two attached hydrogens (primary N) is 2. The summed E-state index contributed by atoms with van der Waals surface area (Å²) in [4.78, 5) is 16.2. The lowest BCUT2D eigenvalue weighted by molar-refractivity contribution is 0.302. The van der Waals surface area contributed by atoms with Gasteiger partial charge in [-0.05, 0) is 26.5 Å². The van der Waals surface area contributed by atoms with Crippen LogP contribution in [-0.4, -0.2) is 49.6 Å². The van der Waals surface area contributed by atoms with Crippen molar-refractivity contribution in [1.82, 2.24) is 4.98 Å². The van der Waals surface area contributed by atoms with Crippen molar-refractivity contribution in [3.05, 3.63) is 35.9 Å². The van der Waals surface area contributed by atoms with Crippen molar-refractivity contribution in [2.75, 3.05) is 18.9 Å². The number of rotatable bonds is 10. The first-order chi connectivity index (χ1) is 13.5. The van der Waals surface area contributed by atoms with Crippen molar-refractivity contribution in [3.8, 4) is 5.75 Å². The number of nitrogens with one attached hydrogen (secondary N) is 1. The van der Waals surface area contributed by atoms with Crippen LogP contribution in [0.4, 0.5) is 10.2 Å². The molecule has 1 heterocycles. The smallest absolute Gasteiger partial charge is 0.135 e. The highest BCUT2D eigenvalue weighted by atomic mass is 19.1. The van der Waals surface area contributed by atoms with E-state index in [4.69, 9.17) is 16.2 Å². The molecule has 1 aliphatic carbocycles. The second-order valence-electron chi connectivity index (χ2n) is 6.25. The zero-order valence-electron chi connectivity index (χ0n) is 16.1. The van der Waals surface area contributed by atoms with Gasteiger partial charge in [-0.2, -0.15) is 0 Å². The van der Waals surface area contributed by atoms with Gasteiger partial charge in [-0.1, -0.05) is 0 Å². The Bertz CT molecular complexity index is 811. The number of anilines is 1. The summed E-state index contributed by atoms with van der Waals surface area (Å²) in [5.41, 5.74) is 12.9. The molecule has 0 aliphatic heterocycles. The monoisotopic (exact) mass is 387 g/mol. The first kappa shape index (κ1) is 21.1. The van der Waals surface area contributed by atoms with E-state index in [-0.39, 0.29) is 18.5 Å². The largest absolute Gasteiger partial charge is 0.490 e. The summed E-state index contributed by atoms with van der Waals surface area (Å²) in [6.45, 7) is 4.89. The third kappa shape index (κ3) is 6.49. The first-order valence-electron chi connectivity index (χ1n) is 8.87. The van der Waals surface area contributed by atoms with Crippen LogP contribution in [0.15, 0.2) is 45.3 Å². The van der Waals surface area contributed by atoms with Gasteiger partial charge in [0.1, 0.15) is 29.4 Å². The average molecular weight is 387 g/mol. The molecular weight excluding hydrogens is 361 g/mol. The van der Waals surface area contributed by atoms with Crippen LogP contribution < -0.4 is 21.5 Å². The van der Waals surface area contributed by atoms with E-state index >= 15 is 0 Å². The molecule has 1 aliphatic rings. The molecule has 28 heavy (non-hydrogen) atoms. The van der Waals surface area contributed by atoms with Gasteiger partial charge >= 0.3 is 0 Å². The van der Waals surface area contributed by atoms with Crippen LogP contribution in [0.5, 0.6) is 5.75 Å². The minimum Gasteiger partial charge on any atom is -0.490 e. The molecule has 0 amide bonds. The minimum absolute atomic E-state index is 0.0216. The van der Waals surface area contributed by atoms with Crippen LogP contribution in [0, 0.1) is 0 Å².